The highest BCUT2D eigenvalue weighted by atomic mass is 19.1. The van der Waals surface area contributed by atoms with Gasteiger partial charge in [-0.3, -0.25) is 9.59 Å². The first-order chi connectivity index (χ1) is 17.9. The number of fused-ring (bicyclic) bond motifs is 1. The number of rotatable bonds is 7. The second-order valence-corrected chi connectivity index (χ2v) is 10.3. The molecule has 1 saturated heterocycles. The Hall–Kier alpha value is -3.68. The Balaban J connectivity index is 1.21. The average molecular weight is 507 g/mol. The van der Waals surface area contributed by atoms with Gasteiger partial charge in [0, 0.05) is 11.8 Å². The van der Waals surface area contributed by atoms with Crippen molar-refractivity contribution in [1.29, 1.82) is 0 Å². The Kier molecular flexibility index (Phi) is 5.77. The van der Waals surface area contributed by atoms with Crippen molar-refractivity contribution >= 4 is 17.9 Å². The van der Waals surface area contributed by atoms with Crippen molar-refractivity contribution in [3.8, 4) is 11.5 Å². The molecule has 7 nitrogen and oxygen atoms in total. The molecule has 6 unspecified atom stereocenters. The van der Waals surface area contributed by atoms with Gasteiger partial charge in [0.2, 0.25) is 0 Å². The van der Waals surface area contributed by atoms with Crippen LogP contribution in [-0.4, -0.2) is 35.7 Å². The molecule has 2 bridgehead atoms. The Labute approximate surface area is 213 Å². The molecule has 2 aromatic carbocycles. The zero-order chi connectivity index (χ0) is 25.7. The van der Waals surface area contributed by atoms with Crippen LogP contribution in [-0.2, 0) is 19.1 Å². The number of hydrogen-bond acceptors (Lipinski definition) is 7. The molecule has 4 aliphatic rings. The molecule has 2 aromatic rings. The lowest BCUT2D eigenvalue weighted by atomic mass is 9.78. The highest BCUT2D eigenvalue weighted by molar-refractivity contribution is 5.91. The van der Waals surface area contributed by atoms with E-state index in [1.807, 2.05) is 0 Å². The maximum absolute atomic E-state index is 14.6. The van der Waals surface area contributed by atoms with Gasteiger partial charge in [-0.2, -0.15) is 0 Å². The molecule has 1 aliphatic heterocycles. The van der Waals surface area contributed by atoms with E-state index in [2.05, 4.69) is 6.58 Å². The summed E-state index contributed by atoms with van der Waals surface area (Å²) in [4.78, 5) is 38.9. The molecule has 0 spiro atoms. The zero-order valence-electron chi connectivity index (χ0n) is 20.1. The number of halogens is 1. The predicted molar refractivity (Wildman–Crippen MR) is 128 cm³/mol. The molecule has 8 heteroatoms. The lowest BCUT2D eigenvalue weighted by Crippen LogP contribution is -2.44. The van der Waals surface area contributed by atoms with Crippen molar-refractivity contribution in [2.24, 2.45) is 23.7 Å². The van der Waals surface area contributed by atoms with Crippen molar-refractivity contribution in [3.05, 3.63) is 72.6 Å². The van der Waals surface area contributed by atoms with Crippen LogP contribution >= 0.6 is 0 Å². The van der Waals surface area contributed by atoms with E-state index in [-0.39, 0.29) is 17.2 Å². The maximum atomic E-state index is 14.6. The van der Waals surface area contributed by atoms with E-state index in [1.165, 1.54) is 18.2 Å². The second-order valence-electron chi connectivity index (χ2n) is 10.3. The first-order valence-corrected chi connectivity index (χ1v) is 12.7. The van der Waals surface area contributed by atoms with Crippen LogP contribution in [0.2, 0.25) is 0 Å². The van der Waals surface area contributed by atoms with Crippen LogP contribution in [0.25, 0.3) is 0 Å². The van der Waals surface area contributed by atoms with Gasteiger partial charge in [-0.15, -0.1) is 0 Å². The first kappa shape index (κ1) is 23.7. The topological polar surface area (TPSA) is 88.1 Å². The summed E-state index contributed by atoms with van der Waals surface area (Å²) in [6.07, 6.45) is 4.17. The third-order valence-electron chi connectivity index (χ3n) is 8.32. The molecule has 6 rings (SSSR count). The van der Waals surface area contributed by atoms with E-state index in [9.17, 15) is 18.8 Å². The lowest BCUT2D eigenvalue weighted by Gasteiger charge is -2.30. The SMILES string of the molecule is C=CC1(Oc2cc(C(=O)OC3C4CC5C3OC(=O)C5C4C(=O)Oc3ccccc3)ccc2F)CCCC1. The minimum absolute atomic E-state index is 0.0409. The fourth-order valence-electron chi connectivity index (χ4n) is 6.58. The standard InChI is InChI=1S/C29H27FO7/c1-2-29(12-6-7-13-29)37-21-14-16(10-11-20(21)30)26(31)35-24-18-15-19-23(28(33)36-25(19)24)22(18)27(32)34-17-8-4-3-5-9-17/h2-5,8-11,14,18-19,22-25H,1,6-7,12-13,15H2. The summed E-state index contributed by atoms with van der Waals surface area (Å²) >= 11 is 0. The highest BCUT2D eigenvalue weighted by Gasteiger charge is 2.70. The monoisotopic (exact) mass is 506 g/mol. The Morgan fingerprint density at radius 2 is 1.84 bits per heavy atom. The van der Waals surface area contributed by atoms with Gasteiger partial charge < -0.3 is 18.9 Å². The summed E-state index contributed by atoms with van der Waals surface area (Å²) in [5, 5.41) is 0. The Bertz CT molecular complexity index is 1250. The molecule has 192 valence electrons. The van der Waals surface area contributed by atoms with E-state index in [0.29, 0.717) is 12.2 Å². The molecule has 6 atom stereocenters. The smallest absolute Gasteiger partial charge is 0.338 e. The number of esters is 3. The van der Waals surface area contributed by atoms with E-state index < -0.39 is 59.3 Å². The van der Waals surface area contributed by atoms with E-state index >= 15 is 0 Å². The number of carbonyl (C=O) groups excluding carboxylic acids is 3. The summed E-state index contributed by atoms with van der Waals surface area (Å²) in [5.74, 6) is -3.94. The number of ether oxygens (including phenoxy) is 4. The van der Waals surface area contributed by atoms with Crippen molar-refractivity contribution in [2.45, 2.75) is 49.9 Å². The minimum atomic E-state index is -0.794. The Morgan fingerprint density at radius 1 is 1.08 bits per heavy atom. The van der Waals surface area contributed by atoms with Gasteiger partial charge in [0.25, 0.3) is 0 Å². The van der Waals surface area contributed by atoms with Gasteiger partial charge in [0.05, 0.1) is 17.4 Å². The van der Waals surface area contributed by atoms with Crippen LogP contribution in [0.5, 0.6) is 11.5 Å². The summed E-state index contributed by atoms with van der Waals surface area (Å²) in [6, 6.07) is 12.5. The fourth-order valence-corrected chi connectivity index (χ4v) is 6.58. The molecular formula is C29H27FO7. The summed E-state index contributed by atoms with van der Waals surface area (Å²) in [7, 11) is 0. The third kappa shape index (κ3) is 3.99. The molecule has 37 heavy (non-hydrogen) atoms. The molecule has 4 fully saturated rings. The summed E-state index contributed by atoms with van der Waals surface area (Å²) < 4.78 is 37.5. The quantitative estimate of drug-likeness (QED) is 0.307. The zero-order valence-corrected chi connectivity index (χ0v) is 20.1. The first-order valence-electron chi connectivity index (χ1n) is 12.7. The van der Waals surface area contributed by atoms with Crippen molar-refractivity contribution in [3.63, 3.8) is 0 Å². The molecule has 0 radical (unpaired) electrons. The largest absolute Gasteiger partial charge is 0.480 e. The van der Waals surface area contributed by atoms with Gasteiger partial charge >= 0.3 is 17.9 Å². The normalized spacial score (nSPS) is 30.6. The van der Waals surface area contributed by atoms with E-state index in [4.69, 9.17) is 18.9 Å². The van der Waals surface area contributed by atoms with Crippen molar-refractivity contribution < 1.29 is 37.7 Å². The number of para-hydroxylation sites is 1. The number of carbonyl (C=O) groups is 3. The molecule has 3 saturated carbocycles. The van der Waals surface area contributed by atoms with E-state index in [0.717, 1.165) is 25.7 Å². The molecule has 1 heterocycles. The molecular weight excluding hydrogens is 479 g/mol. The van der Waals surface area contributed by atoms with Crippen molar-refractivity contribution in [1.82, 2.24) is 0 Å². The summed E-state index contributed by atoms with van der Waals surface area (Å²) in [5.41, 5.74) is -0.548. The second kappa shape index (κ2) is 9.01. The van der Waals surface area contributed by atoms with Gasteiger partial charge in [-0.25, -0.2) is 9.18 Å². The fraction of sp³-hybridized carbons (Fsp3) is 0.414. The van der Waals surface area contributed by atoms with E-state index in [1.54, 1.807) is 36.4 Å². The van der Waals surface area contributed by atoms with Crippen LogP contribution in [0.1, 0.15) is 42.5 Å². The lowest BCUT2D eigenvalue weighted by molar-refractivity contribution is -0.149. The molecule has 0 aromatic heterocycles. The van der Waals surface area contributed by atoms with Gasteiger partial charge in [-0.05, 0) is 68.5 Å². The van der Waals surface area contributed by atoms with Crippen LogP contribution in [0.3, 0.4) is 0 Å². The highest BCUT2D eigenvalue weighted by Crippen LogP contribution is 2.59. The number of hydrogen-bond donors (Lipinski definition) is 0. The summed E-state index contributed by atoms with van der Waals surface area (Å²) in [6.45, 7) is 3.85. The maximum Gasteiger partial charge on any atom is 0.338 e. The average Bonchev–Trinajstić information content (AvgIpc) is 3.64. The van der Waals surface area contributed by atoms with Gasteiger partial charge in [0.1, 0.15) is 23.6 Å². The van der Waals surface area contributed by atoms with Crippen LogP contribution in [0.15, 0.2) is 61.2 Å². The third-order valence-corrected chi connectivity index (χ3v) is 8.32. The predicted octanol–water partition coefficient (Wildman–Crippen LogP) is 4.64. The number of benzene rings is 2. The van der Waals surface area contributed by atoms with Crippen LogP contribution in [0.4, 0.5) is 4.39 Å². The van der Waals surface area contributed by atoms with Gasteiger partial charge in [0.15, 0.2) is 11.6 Å². The molecule has 0 amide bonds. The Morgan fingerprint density at radius 3 is 2.57 bits per heavy atom. The molecule has 0 N–H and O–H groups in total. The van der Waals surface area contributed by atoms with Crippen LogP contribution in [0, 0.1) is 29.5 Å². The van der Waals surface area contributed by atoms with Crippen molar-refractivity contribution in [2.75, 3.05) is 0 Å². The molecule has 3 aliphatic carbocycles. The van der Waals surface area contributed by atoms with Crippen LogP contribution < -0.4 is 9.47 Å². The minimum Gasteiger partial charge on any atom is -0.480 e. The van der Waals surface area contributed by atoms with Gasteiger partial charge in [-0.1, -0.05) is 24.8 Å².